The Morgan fingerprint density at radius 3 is 2.64 bits per heavy atom. The summed E-state index contributed by atoms with van der Waals surface area (Å²) in [6.45, 7) is 6.05. The average molecular weight is 196 g/mol. The van der Waals surface area contributed by atoms with Crippen molar-refractivity contribution in [2.24, 2.45) is 5.92 Å². The quantitative estimate of drug-likeness (QED) is 0.775. The first-order valence-corrected chi connectivity index (χ1v) is 4.63. The topological polar surface area (TPSA) is 61.9 Å². The summed E-state index contributed by atoms with van der Waals surface area (Å²) in [5.41, 5.74) is 0. The van der Waals surface area contributed by atoms with E-state index in [4.69, 9.17) is 0 Å². The molecule has 0 saturated carbocycles. The summed E-state index contributed by atoms with van der Waals surface area (Å²) in [6.07, 6.45) is 0. The fourth-order valence-corrected chi connectivity index (χ4v) is 1.19. The van der Waals surface area contributed by atoms with Crippen LogP contribution in [0, 0.1) is 12.8 Å². The molecule has 0 fully saturated rings. The van der Waals surface area contributed by atoms with Crippen molar-refractivity contribution < 1.29 is 4.79 Å². The third kappa shape index (κ3) is 2.55. The van der Waals surface area contributed by atoms with Crippen molar-refractivity contribution in [1.82, 2.24) is 20.1 Å². The predicted molar refractivity (Wildman–Crippen MR) is 52.4 cm³/mol. The van der Waals surface area contributed by atoms with Crippen molar-refractivity contribution in [2.75, 3.05) is 7.05 Å². The van der Waals surface area contributed by atoms with Crippen molar-refractivity contribution >= 4 is 5.91 Å². The van der Waals surface area contributed by atoms with Gasteiger partial charge in [-0.15, -0.1) is 0 Å². The Hall–Kier alpha value is -1.39. The van der Waals surface area contributed by atoms with Crippen LogP contribution < -0.4 is 0 Å². The normalized spacial score (nSPS) is 10.6. The Kier molecular flexibility index (Phi) is 3.22. The Morgan fingerprint density at radius 1 is 1.57 bits per heavy atom. The van der Waals surface area contributed by atoms with Crippen LogP contribution in [0.4, 0.5) is 0 Å². The lowest BCUT2D eigenvalue weighted by atomic mass is 10.2. The summed E-state index contributed by atoms with van der Waals surface area (Å²) < 4.78 is 0. The molecule has 0 saturated heterocycles. The summed E-state index contributed by atoms with van der Waals surface area (Å²) in [7, 11) is 1.76. The number of aromatic nitrogens is 3. The highest BCUT2D eigenvalue weighted by Crippen LogP contribution is 2.02. The number of H-pyrrole nitrogens is 1. The number of nitrogens with zero attached hydrogens (tertiary/aromatic N) is 3. The van der Waals surface area contributed by atoms with Crippen molar-refractivity contribution in [3.05, 3.63) is 11.6 Å². The first kappa shape index (κ1) is 10.7. The lowest BCUT2D eigenvalue weighted by molar-refractivity contribution is -0.133. The van der Waals surface area contributed by atoms with E-state index >= 15 is 0 Å². The molecular weight excluding hydrogens is 180 g/mol. The summed E-state index contributed by atoms with van der Waals surface area (Å²) in [4.78, 5) is 17.3. The van der Waals surface area contributed by atoms with Gasteiger partial charge >= 0.3 is 0 Å². The van der Waals surface area contributed by atoms with E-state index in [2.05, 4.69) is 15.2 Å². The molecule has 0 aliphatic heterocycles. The number of aryl methyl sites for hydroxylation is 1. The SMILES string of the molecule is Cc1nc(CN(C)C(=O)C(C)C)n[nH]1. The van der Waals surface area contributed by atoms with E-state index in [-0.39, 0.29) is 11.8 Å². The molecule has 5 heteroatoms. The molecule has 0 aromatic carbocycles. The van der Waals surface area contributed by atoms with Crippen LogP contribution in [-0.2, 0) is 11.3 Å². The third-order valence-electron chi connectivity index (χ3n) is 1.89. The van der Waals surface area contributed by atoms with Gasteiger partial charge in [0.25, 0.3) is 0 Å². The highest BCUT2D eigenvalue weighted by Gasteiger charge is 2.14. The second-order valence-corrected chi connectivity index (χ2v) is 3.69. The van der Waals surface area contributed by atoms with Crippen molar-refractivity contribution in [3.8, 4) is 0 Å². The van der Waals surface area contributed by atoms with Gasteiger partial charge in [0.1, 0.15) is 5.82 Å². The number of carbonyl (C=O) groups excluding carboxylic acids is 1. The zero-order valence-electron chi connectivity index (χ0n) is 9.03. The summed E-state index contributed by atoms with van der Waals surface area (Å²) in [5.74, 6) is 1.54. The molecule has 1 aromatic rings. The number of rotatable bonds is 3. The van der Waals surface area contributed by atoms with Crippen LogP contribution in [0.1, 0.15) is 25.5 Å². The van der Waals surface area contributed by atoms with E-state index in [9.17, 15) is 4.79 Å². The first-order valence-electron chi connectivity index (χ1n) is 4.63. The predicted octanol–water partition coefficient (Wildman–Crippen LogP) is 0.728. The molecule has 0 unspecified atom stereocenters. The largest absolute Gasteiger partial charge is 0.338 e. The molecule has 0 atom stereocenters. The first-order chi connectivity index (χ1) is 6.50. The maximum absolute atomic E-state index is 11.5. The molecule has 1 rings (SSSR count). The summed E-state index contributed by atoms with van der Waals surface area (Å²) >= 11 is 0. The van der Waals surface area contributed by atoms with Crippen LogP contribution in [0.25, 0.3) is 0 Å². The van der Waals surface area contributed by atoms with Gasteiger partial charge in [0.05, 0.1) is 6.54 Å². The van der Waals surface area contributed by atoms with Crippen LogP contribution in [0.2, 0.25) is 0 Å². The molecule has 78 valence electrons. The molecule has 0 spiro atoms. The molecule has 1 aromatic heterocycles. The lowest BCUT2D eigenvalue weighted by Gasteiger charge is -2.17. The third-order valence-corrected chi connectivity index (χ3v) is 1.89. The van der Waals surface area contributed by atoms with Crippen LogP contribution in [0.3, 0.4) is 0 Å². The molecule has 0 radical (unpaired) electrons. The highest BCUT2D eigenvalue weighted by molar-refractivity contribution is 5.77. The van der Waals surface area contributed by atoms with Crippen LogP contribution in [0.5, 0.6) is 0 Å². The fourth-order valence-electron chi connectivity index (χ4n) is 1.19. The number of carbonyl (C=O) groups is 1. The number of nitrogens with one attached hydrogen (secondary N) is 1. The maximum atomic E-state index is 11.5. The molecule has 1 heterocycles. The number of hydrogen-bond acceptors (Lipinski definition) is 3. The zero-order chi connectivity index (χ0) is 10.7. The Balaban J connectivity index is 2.57. The van der Waals surface area contributed by atoms with Crippen molar-refractivity contribution in [3.63, 3.8) is 0 Å². The minimum Gasteiger partial charge on any atom is -0.338 e. The smallest absolute Gasteiger partial charge is 0.225 e. The maximum Gasteiger partial charge on any atom is 0.225 e. The van der Waals surface area contributed by atoms with Crippen LogP contribution in [-0.4, -0.2) is 33.0 Å². The van der Waals surface area contributed by atoms with Crippen molar-refractivity contribution in [2.45, 2.75) is 27.3 Å². The molecule has 14 heavy (non-hydrogen) atoms. The molecule has 0 aliphatic rings. The number of hydrogen-bond donors (Lipinski definition) is 1. The van der Waals surface area contributed by atoms with E-state index in [0.29, 0.717) is 12.4 Å². The van der Waals surface area contributed by atoms with Crippen molar-refractivity contribution in [1.29, 1.82) is 0 Å². The molecule has 0 aliphatic carbocycles. The second-order valence-electron chi connectivity index (χ2n) is 3.69. The average Bonchev–Trinajstić information content (AvgIpc) is 2.49. The molecule has 1 amide bonds. The summed E-state index contributed by atoms with van der Waals surface area (Å²) in [6, 6.07) is 0. The lowest BCUT2D eigenvalue weighted by Crippen LogP contribution is -2.30. The van der Waals surface area contributed by atoms with E-state index in [1.165, 1.54) is 0 Å². The van der Waals surface area contributed by atoms with Gasteiger partial charge in [0, 0.05) is 13.0 Å². The van der Waals surface area contributed by atoms with Gasteiger partial charge in [-0.1, -0.05) is 13.8 Å². The second kappa shape index (κ2) is 4.21. The van der Waals surface area contributed by atoms with Crippen LogP contribution in [0.15, 0.2) is 0 Å². The van der Waals surface area contributed by atoms with Gasteiger partial charge in [-0.05, 0) is 6.92 Å². The number of amides is 1. The van der Waals surface area contributed by atoms with Gasteiger partial charge < -0.3 is 4.90 Å². The fraction of sp³-hybridized carbons (Fsp3) is 0.667. The minimum atomic E-state index is 0.0139. The monoisotopic (exact) mass is 196 g/mol. The van der Waals surface area contributed by atoms with E-state index < -0.39 is 0 Å². The molecule has 5 nitrogen and oxygen atoms in total. The van der Waals surface area contributed by atoms with E-state index in [1.807, 2.05) is 20.8 Å². The highest BCUT2D eigenvalue weighted by atomic mass is 16.2. The van der Waals surface area contributed by atoms with Gasteiger partial charge in [-0.25, -0.2) is 4.98 Å². The molecule has 1 N–H and O–H groups in total. The Labute approximate surface area is 83.5 Å². The molecular formula is C9H16N4O. The van der Waals surface area contributed by atoms with Gasteiger partial charge in [-0.2, -0.15) is 5.10 Å². The van der Waals surface area contributed by atoms with E-state index in [1.54, 1.807) is 11.9 Å². The Bertz CT molecular complexity index is 318. The van der Waals surface area contributed by atoms with E-state index in [0.717, 1.165) is 5.82 Å². The zero-order valence-corrected chi connectivity index (χ0v) is 9.03. The standard InChI is InChI=1S/C9H16N4O/c1-6(2)9(14)13(4)5-8-10-7(3)11-12-8/h6H,5H2,1-4H3,(H,10,11,12). The summed E-state index contributed by atoms with van der Waals surface area (Å²) in [5, 5.41) is 6.71. The molecule has 0 bridgehead atoms. The van der Waals surface area contributed by atoms with Gasteiger partial charge in [-0.3, -0.25) is 9.89 Å². The van der Waals surface area contributed by atoms with Gasteiger partial charge in [0.15, 0.2) is 5.82 Å². The minimum absolute atomic E-state index is 0.0139. The van der Waals surface area contributed by atoms with Crippen LogP contribution >= 0.6 is 0 Å². The van der Waals surface area contributed by atoms with Gasteiger partial charge in [0.2, 0.25) is 5.91 Å². The Morgan fingerprint density at radius 2 is 2.21 bits per heavy atom. The number of aromatic amines is 1.